The highest BCUT2D eigenvalue weighted by atomic mass is 16.3. The van der Waals surface area contributed by atoms with Gasteiger partial charge in [-0.15, -0.1) is 0 Å². The number of aliphatic hydroxyl groups is 1. The number of aliphatic hydroxyl groups excluding tert-OH is 1. The van der Waals surface area contributed by atoms with Gasteiger partial charge in [0, 0.05) is 5.41 Å². The van der Waals surface area contributed by atoms with Crippen LogP contribution in [0.2, 0.25) is 0 Å². The van der Waals surface area contributed by atoms with Crippen LogP contribution in [0.3, 0.4) is 0 Å². The number of hydrogen-bond acceptors (Lipinski definition) is 1. The molecule has 174 valence electrons. The van der Waals surface area contributed by atoms with Gasteiger partial charge < -0.3 is 5.11 Å². The van der Waals surface area contributed by atoms with Crippen molar-refractivity contribution in [3.05, 3.63) is 22.8 Å². The first-order valence-corrected chi connectivity index (χ1v) is 13.6. The monoisotopic (exact) mass is 424 g/mol. The van der Waals surface area contributed by atoms with Crippen molar-refractivity contribution in [1.82, 2.24) is 0 Å². The molecule has 0 bridgehead atoms. The van der Waals surface area contributed by atoms with Crippen molar-refractivity contribution in [2.24, 2.45) is 51.8 Å². The van der Waals surface area contributed by atoms with Crippen LogP contribution < -0.4 is 0 Å². The molecule has 0 aliphatic heterocycles. The molecule has 0 amide bonds. The van der Waals surface area contributed by atoms with E-state index in [0.717, 1.165) is 48.3 Å². The maximum Gasteiger partial charge on any atom is 0.0577 e. The highest BCUT2D eigenvalue weighted by molar-refractivity contribution is 5.47. The lowest BCUT2D eigenvalue weighted by atomic mass is 9.47. The average Bonchev–Trinajstić information content (AvgIpc) is 3.04. The summed E-state index contributed by atoms with van der Waals surface area (Å²) in [6, 6.07) is 0. The van der Waals surface area contributed by atoms with Crippen molar-refractivity contribution in [2.75, 3.05) is 0 Å². The lowest BCUT2D eigenvalue weighted by Crippen LogP contribution is -2.50. The number of allylic oxidation sites excluding steroid dienone is 3. The molecule has 1 nitrogen and oxygen atoms in total. The maximum atomic E-state index is 10.3. The van der Waals surface area contributed by atoms with Gasteiger partial charge in [0.15, 0.2) is 0 Å². The molecule has 0 aromatic carbocycles. The third kappa shape index (κ3) is 3.11. The summed E-state index contributed by atoms with van der Waals surface area (Å²) < 4.78 is 0. The molecule has 5 aliphatic carbocycles. The smallest absolute Gasteiger partial charge is 0.0577 e. The van der Waals surface area contributed by atoms with E-state index in [4.69, 9.17) is 0 Å². The zero-order valence-corrected chi connectivity index (χ0v) is 21.4. The molecule has 1 heteroatoms. The van der Waals surface area contributed by atoms with Crippen molar-refractivity contribution >= 4 is 0 Å². The van der Waals surface area contributed by atoms with Crippen molar-refractivity contribution in [2.45, 2.75) is 112 Å². The molecule has 1 N–H and O–H groups in total. The van der Waals surface area contributed by atoms with Gasteiger partial charge in [-0.25, -0.2) is 0 Å². The maximum absolute atomic E-state index is 10.3. The molecule has 3 saturated carbocycles. The van der Waals surface area contributed by atoms with Crippen LogP contribution in [0.5, 0.6) is 0 Å². The van der Waals surface area contributed by atoms with Crippen molar-refractivity contribution in [3.63, 3.8) is 0 Å². The van der Waals surface area contributed by atoms with E-state index in [2.05, 4.69) is 54.5 Å². The van der Waals surface area contributed by atoms with Gasteiger partial charge in [-0.2, -0.15) is 0 Å². The van der Waals surface area contributed by atoms with Crippen LogP contribution in [0.4, 0.5) is 0 Å². The topological polar surface area (TPSA) is 20.2 Å². The van der Waals surface area contributed by atoms with Gasteiger partial charge in [-0.05, 0) is 111 Å². The van der Waals surface area contributed by atoms with Crippen LogP contribution in [0.1, 0.15) is 106 Å². The van der Waals surface area contributed by atoms with Crippen molar-refractivity contribution in [1.29, 1.82) is 0 Å². The molecule has 5 rings (SSSR count). The SMILES string of the molecule is CC1=C(C(C)C)[C@@]1(C)C[C@@H](C)[C@H]1CCC2C3CC=C4C[C@@H](O)CC[C@]4(C)C3CC[C@@]21C. The lowest BCUT2D eigenvalue weighted by molar-refractivity contribution is -0.0580. The van der Waals surface area contributed by atoms with E-state index in [1.54, 1.807) is 16.7 Å². The van der Waals surface area contributed by atoms with Crippen molar-refractivity contribution < 1.29 is 5.11 Å². The summed E-state index contributed by atoms with van der Waals surface area (Å²) >= 11 is 0. The van der Waals surface area contributed by atoms with Crippen LogP contribution in [0.25, 0.3) is 0 Å². The van der Waals surface area contributed by atoms with E-state index < -0.39 is 0 Å². The third-order valence-corrected chi connectivity index (χ3v) is 11.9. The second-order valence-corrected chi connectivity index (χ2v) is 13.6. The second-order valence-electron chi connectivity index (χ2n) is 13.6. The van der Waals surface area contributed by atoms with E-state index >= 15 is 0 Å². The normalized spacial score (nSPS) is 50.0. The van der Waals surface area contributed by atoms with Gasteiger partial charge in [0.2, 0.25) is 0 Å². The minimum atomic E-state index is -0.0852. The van der Waals surface area contributed by atoms with Crippen LogP contribution in [-0.4, -0.2) is 11.2 Å². The fraction of sp³-hybridized carbons (Fsp3) is 0.867. The Morgan fingerprint density at radius 1 is 1.00 bits per heavy atom. The Bertz CT molecular complexity index is 803. The lowest BCUT2D eigenvalue weighted by Gasteiger charge is -2.58. The quantitative estimate of drug-likeness (QED) is 0.454. The molecule has 31 heavy (non-hydrogen) atoms. The molecule has 0 radical (unpaired) electrons. The van der Waals surface area contributed by atoms with Crippen LogP contribution in [0, 0.1) is 51.8 Å². The summed E-state index contributed by atoms with van der Waals surface area (Å²) in [6.45, 7) is 17.6. The molecule has 0 saturated heterocycles. The van der Waals surface area contributed by atoms with E-state index in [0.29, 0.717) is 16.2 Å². The Kier molecular flexibility index (Phi) is 5.18. The molecule has 5 aliphatic rings. The van der Waals surface area contributed by atoms with Crippen LogP contribution >= 0.6 is 0 Å². The van der Waals surface area contributed by atoms with Gasteiger partial charge in [0.25, 0.3) is 0 Å². The van der Waals surface area contributed by atoms with Gasteiger partial charge in [-0.1, -0.05) is 64.3 Å². The Morgan fingerprint density at radius 3 is 2.42 bits per heavy atom. The predicted octanol–water partition coefficient (Wildman–Crippen LogP) is 7.94. The fourth-order valence-electron chi connectivity index (χ4n) is 10.4. The van der Waals surface area contributed by atoms with E-state index in [1.807, 2.05) is 0 Å². The largest absolute Gasteiger partial charge is 0.393 e. The standard InChI is InChI=1S/C30H48O/c1-18(2)27-20(4)30(27,7)17-19(3)24-10-11-25-23-9-8-21-16-22(31)12-14-28(21,5)26(23)13-15-29(24,25)6/h8,18-19,22-26,31H,9-17H2,1-7H3/t19-,22+,23?,24-,25?,26?,28+,29-,30+/m1/s1. The van der Waals surface area contributed by atoms with E-state index in [1.165, 1.54) is 44.9 Å². The first-order chi connectivity index (χ1) is 14.5. The molecular formula is C30H48O. The van der Waals surface area contributed by atoms with Gasteiger partial charge in [0.05, 0.1) is 6.10 Å². The number of rotatable bonds is 4. The van der Waals surface area contributed by atoms with Gasteiger partial charge in [-0.3, -0.25) is 0 Å². The first kappa shape index (κ1) is 22.2. The average molecular weight is 425 g/mol. The summed E-state index contributed by atoms with van der Waals surface area (Å²) in [5.41, 5.74) is 6.44. The predicted molar refractivity (Wildman–Crippen MR) is 131 cm³/mol. The highest BCUT2D eigenvalue weighted by Gasteiger charge is 2.60. The third-order valence-electron chi connectivity index (χ3n) is 11.9. The minimum Gasteiger partial charge on any atom is -0.393 e. The number of hydrogen-bond donors (Lipinski definition) is 1. The Labute approximate surface area is 192 Å². The highest BCUT2D eigenvalue weighted by Crippen LogP contribution is 2.68. The molecule has 0 heterocycles. The summed E-state index contributed by atoms with van der Waals surface area (Å²) in [7, 11) is 0. The van der Waals surface area contributed by atoms with Crippen molar-refractivity contribution in [3.8, 4) is 0 Å². The molecule has 3 fully saturated rings. The molecular weight excluding hydrogens is 376 g/mol. The van der Waals surface area contributed by atoms with E-state index in [9.17, 15) is 5.11 Å². The summed E-state index contributed by atoms with van der Waals surface area (Å²) in [6.07, 6.45) is 14.2. The fourth-order valence-corrected chi connectivity index (χ4v) is 10.4. The molecule has 3 unspecified atom stereocenters. The first-order valence-electron chi connectivity index (χ1n) is 13.6. The summed E-state index contributed by atoms with van der Waals surface area (Å²) in [4.78, 5) is 0. The zero-order valence-electron chi connectivity index (χ0n) is 21.4. The zero-order chi connectivity index (χ0) is 22.3. The summed E-state index contributed by atoms with van der Waals surface area (Å²) in [5, 5.41) is 10.3. The molecule has 0 aromatic rings. The van der Waals surface area contributed by atoms with Gasteiger partial charge >= 0.3 is 0 Å². The van der Waals surface area contributed by atoms with E-state index in [-0.39, 0.29) is 6.10 Å². The molecule has 9 atom stereocenters. The second kappa shape index (κ2) is 7.22. The molecule has 0 aromatic heterocycles. The van der Waals surface area contributed by atoms with Crippen LogP contribution in [-0.2, 0) is 0 Å². The Balaban J connectivity index is 1.34. The molecule has 0 spiro atoms. The van der Waals surface area contributed by atoms with Gasteiger partial charge in [0.1, 0.15) is 0 Å². The minimum absolute atomic E-state index is 0.0852. The summed E-state index contributed by atoms with van der Waals surface area (Å²) in [5.74, 6) is 5.14. The Morgan fingerprint density at radius 2 is 1.74 bits per heavy atom. The van der Waals surface area contributed by atoms with Crippen LogP contribution in [0.15, 0.2) is 22.8 Å². The number of fused-ring (bicyclic) bond motifs is 5. The Hall–Kier alpha value is -0.560.